The van der Waals surface area contributed by atoms with Gasteiger partial charge in [0.25, 0.3) is 0 Å². The maximum Gasteiger partial charge on any atom is 0.230 e. The summed E-state index contributed by atoms with van der Waals surface area (Å²) in [6.07, 6.45) is 7.29. The number of amides is 2. The fraction of sp³-hybridized carbons (Fsp3) is 0.458. The van der Waals surface area contributed by atoms with E-state index in [2.05, 4.69) is 29.2 Å². The number of hydrogen-bond acceptors (Lipinski definition) is 3. The first-order valence-electron chi connectivity index (χ1n) is 10.4. The Morgan fingerprint density at radius 1 is 1.07 bits per heavy atom. The monoisotopic (exact) mass is 393 g/mol. The third kappa shape index (κ3) is 4.84. The van der Waals surface area contributed by atoms with Crippen molar-refractivity contribution in [3.05, 3.63) is 54.4 Å². The van der Waals surface area contributed by atoms with Crippen LogP contribution in [0.3, 0.4) is 0 Å². The number of carbonyl (C=O) groups excluding carboxylic acids is 2. The second-order valence-corrected chi connectivity index (χ2v) is 8.26. The second kappa shape index (κ2) is 9.21. The van der Waals surface area contributed by atoms with E-state index in [0.717, 1.165) is 42.5 Å². The molecule has 1 aromatic heterocycles. The SMILES string of the molecule is CCCC(=O)N1CCCC(Cc2ccc(-c3ccncc3)cc2)(C(=O)N(C)C)C1. The number of rotatable bonds is 6. The highest BCUT2D eigenvalue weighted by Gasteiger charge is 2.44. The van der Waals surface area contributed by atoms with Crippen LogP contribution >= 0.6 is 0 Å². The molecular weight excluding hydrogens is 362 g/mol. The van der Waals surface area contributed by atoms with E-state index in [1.807, 2.05) is 38.1 Å². The van der Waals surface area contributed by atoms with Crippen LogP contribution in [0.2, 0.25) is 0 Å². The number of carbonyl (C=O) groups is 2. The van der Waals surface area contributed by atoms with Crippen molar-refractivity contribution in [1.29, 1.82) is 0 Å². The van der Waals surface area contributed by atoms with E-state index in [0.29, 0.717) is 19.4 Å². The molecule has 1 aliphatic heterocycles. The summed E-state index contributed by atoms with van der Waals surface area (Å²) < 4.78 is 0. The molecule has 0 saturated carbocycles. The van der Waals surface area contributed by atoms with Gasteiger partial charge in [-0.1, -0.05) is 31.2 Å². The standard InChI is InChI=1S/C24H31N3O2/c1-4-6-22(28)27-16-5-13-24(18-27,23(29)26(2)3)17-19-7-9-20(10-8-19)21-11-14-25-15-12-21/h7-12,14-15H,4-6,13,16-18H2,1-3H3. The van der Waals surface area contributed by atoms with Gasteiger partial charge in [0.2, 0.25) is 11.8 Å². The zero-order valence-corrected chi connectivity index (χ0v) is 17.7. The molecule has 154 valence electrons. The Labute approximate surface area is 173 Å². The van der Waals surface area contributed by atoms with Crippen LogP contribution < -0.4 is 0 Å². The summed E-state index contributed by atoms with van der Waals surface area (Å²) in [5, 5.41) is 0. The van der Waals surface area contributed by atoms with Crippen molar-refractivity contribution in [2.75, 3.05) is 27.2 Å². The van der Waals surface area contributed by atoms with Crippen molar-refractivity contribution in [3.63, 3.8) is 0 Å². The van der Waals surface area contributed by atoms with Crippen molar-refractivity contribution >= 4 is 11.8 Å². The number of piperidine rings is 1. The maximum absolute atomic E-state index is 13.2. The van der Waals surface area contributed by atoms with Crippen LogP contribution in [0.25, 0.3) is 11.1 Å². The van der Waals surface area contributed by atoms with Crippen LogP contribution in [-0.4, -0.2) is 53.8 Å². The van der Waals surface area contributed by atoms with Crippen LogP contribution in [0.5, 0.6) is 0 Å². The molecule has 1 aromatic carbocycles. The second-order valence-electron chi connectivity index (χ2n) is 8.26. The first-order valence-corrected chi connectivity index (χ1v) is 10.4. The molecule has 2 heterocycles. The molecule has 2 amide bonds. The summed E-state index contributed by atoms with van der Waals surface area (Å²) >= 11 is 0. The minimum absolute atomic E-state index is 0.115. The minimum atomic E-state index is -0.552. The van der Waals surface area contributed by atoms with Gasteiger partial charge >= 0.3 is 0 Å². The van der Waals surface area contributed by atoms with Crippen molar-refractivity contribution in [2.45, 2.75) is 39.0 Å². The minimum Gasteiger partial charge on any atom is -0.348 e. The number of aromatic nitrogens is 1. The average Bonchev–Trinajstić information content (AvgIpc) is 2.74. The number of benzene rings is 1. The molecular formula is C24H31N3O2. The van der Waals surface area contributed by atoms with Crippen LogP contribution in [0.4, 0.5) is 0 Å². The summed E-state index contributed by atoms with van der Waals surface area (Å²) in [7, 11) is 3.62. The highest BCUT2D eigenvalue weighted by Crippen LogP contribution is 2.36. The molecule has 1 atom stereocenters. The Balaban J connectivity index is 1.84. The quantitative estimate of drug-likeness (QED) is 0.750. The zero-order valence-electron chi connectivity index (χ0n) is 17.7. The van der Waals surface area contributed by atoms with Crippen LogP contribution in [0, 0.1) is 5.41 Å². The fourth-order valence-electron chi connectivity index (χ4n) is 4.34. The first kappa shape index (κ1) is 21.0. The van der Waals surface area contributed by atoms with Crippen molar-refractivity contribution in [2.24, 2.45) is 5.41 Å². The number of likely N-dealkylation sites (tertiary alicyclic amines) is 1. The van der Waals surface area contributed by atoms with Crippen LogP contribution in [0.15, 0.2) is 48.8 Å². The molecule has 1 aliphatic rings. The van der Waals surface area contributed by atoms with E-state index in [9.17, 15) is 9.59 Å². The summed E-state index contributed by atoms with van der Waals surface area (Å²) in [6, 6.07) is 12.4. The molecule has 0 radical (unpaired) electrons. The molecule has 3 rings (SSSR count). The molecule has 2 aromatic rings. The summed E-state index contributed by atoms with van der Waals surface area (Å²) in [6.45, 7) is 3.28. The smallest absolute Gasteiger partial charge is 0.230 e. The molecule has 0 N–H and O–H groups in total. The van der Waals surface area contributed by atoms with Gasteiger partial charge in [-0.25, -0.2) is 0 Å². The van der Waals surface area contributed by atoms with Gasteiger partial charge < -0.3 is 9.80 Å². The van der Waals surface area contributed by atoms with Crippen LogP contribution in [0.1, 0.15) is 38.2 Å². The van der Waals surface area contributed by atoms with Gasteiger partial charge in [0.05, 0.1) is 5.41 Å². The molecule has 1 unspecified atom stereocenters. The lowest BCUT2D eigenvalue weighted by molar-refractivity contribution is -0.147. The van der Waals surface area contributed by atoms with E-state index >= 15 is 0 Å². The lowest BCUT2D eigenvalue weighted by Gasteiger charge is -2.43. The van der Waals surface area contributed by atoms with E-state index in [1.165, 1.54) is 0 Å². The van der Waals surface area contributed by atoms with Gasteiger partial charge in [0, 0.05) is 46.0 Å². The first-order chi connectivity index (χ1) is 13.9. The molecule has 0 bridgehead atoms. The third-order valence-corrected chi connectivity index (χ3v) is 5.76. The third-order valence-electron chi connectivity index (χ3n) is 5.76. The topological polar surface area (TPSA) is 53.5 Å². The van der Waals surface area contributed by atoms with Gasteiger partial charge in [0.1, 0.15) is 0 Å². The van der Waals surface area contributed by atoms with E-state index in [-0.39, 0.29) is 11.8 Å². The Morgan fingerprint density at radius 2 is 1.72 bits per heavy atom. The fourth-order valence-corrected chi connectivity index (χ4v) is 4.34. The van der Waals surface area contributed by atoms with Gasteiger partial charge in [-0.3, -0.25) is 14.6 Å². The molecule has 0 aliphatic carbocycles. The van der Waals surface area contributed by atoms with Gasteiger partial charge in [-0.2, -0.15) is 0 Å². The zero-order chi connectivity index (χ0) is 20.9. The van der Waals surface area contributed by atoms with E-state index < -0.39 is 5.41 Å². The Hall–Kier alpha value is -2.69. The van der Waals surface area contributed by atoms with Crippen molar-refractivity contribution < 1.29 is 9.59 Å². The molecule has 5 nitrogen and oxygen atoms in total. The maximum atomic E-state index is 13.2. The lowest BCUT2D eigenvalue weighted by atomic mass is 9.73. The lowest BCUT2D eigenvalue weighted by Crippen LogP contribution is -2.54. The van der Waals surface area contributed by atoms with Gasteiger partial charge in [0.15, 0.2) is 0 Å². The number of hydrogen-bond donors (Lipinski definition) is 0. The molecule has 1 saturated heterocycles. The average molecular weight is 394 g/mol. The van der Waals surface area contributed by atoms with Crippen molar-refractivity contribution in [3.8, 4) is 11.1 Å². The normalized spacial score (nSPS) is 19.1. The predicted molar refractivity (Wildman–Crippen MR) is 115 cm³/mol. The highest BCUT2D eigenvalue weighted by atomic mass is 16.2. The summed E-state index contributed by atoms with van der Waals surface area (Å²) in [5.74, 6) is 0.279. The van der Waals surface area contributed by atoms with Gasteiger partial charge in [-0.05, 0) is 54.5 Å². The molecule has 1 fully saturated rings. The Kier molecular flexibility index (Phi) is 6.68. The molecule has 5 heteroatoms. The van der Waals surface area contributed by atoms with Crippen LogP contribution in [-0.2, 0) is 16.0 Å². The summed E-state index contributed by atoms with van der Waals surface area (Å²) in [5.41, 5.74) is 2.83. The highest BCUT2D eigenvalue weighted by molar-refractivity contribution is 5.84. The van der Waals surface area contributed by atoms with Crippen molar-refractivity contribution in [1.82, 2.24) is 14.8 Å². The number of pyridine rings is 1. The van der Waals surface area contributed by atoms with Gasteiger partial charge in [-0.15, -0.1) is 0 Å². The largest absolute Gasteiger partial charge is 0.348 e. The van der Waals surface area contributed by atoms with E-state index in [4.69, 9.17) is 0 Å². The predicted octanol–water partition coefficient (Wildman–Crippen LogP) is 3.79. The molecule has 29 heavy (non-hydrogen) atoms. The van der Waals surface area contributed by atoms with E-state index in [1.54, 1.807) is 17.3 Å². The molecule has 0 spiro atoms. The Morgan fingerprint density at radius 3 is 2.34 bits per heavy atom. The number of nitrogens with zero attached hydrogens (tertiary/aromatic N) is 3. The summed E-state index contributed by atoms with van der Waals surface area (Å²) in [4.78, 5) is 33.4. The Bertz CT molecular complexity index is 833.